The highest BCUT2D eigenvalue weighted by atomic mass is 79.9. The Hall–Kier alpha value is -2.15. The van der Waals surface area contributed by atoms with Crippen molar-refractivity contribution >= 4 is 27.5 Å². The Morgan fingerprint density at radius 2 is 1.85 bits per heavy atom. The number of benzene rings is 2. The second-order valence-electron chi connectivity index (χ2n) is 6.14. The summed E-state index contributed by atoms with van der Waals surface area (Å²) in [5, 5.41) is 2.83. The van der Waals surface area contributed by atoms with Crippen molar-refractivity contribution in [2.75, 3.05) is 12.4 Å². The lowest BCUT2D eigenvalue weighted by molar-refractivity contribution is -0.124. The minimum absolute atomic E-state index is 0.119. The molecular formula is C19H18BrF2NO3. The maximum absolute atomic E-state index is 12.9. The largest absolute Gasteiger partial charge is 0.493 e. The SMILES string of the molecule is COc1ccc(NC(=O)C2(c3ccc(Br)cc3)CCC2)cc1OC(F)F. The molecule has 26 heavy (non-hydrogen) atoms. The summed E-state index contributed by atoms with van der Waals surface area (Å²) in [5.74, 6) is -0.0968. The first-order chi connectivity index (χ1) is 12.4. The zero-order valence-corrected chi connectivity index (χ0v) is 15.7. The molecule has 7 heteroatoms. The number of alkyl halides is 2. The monoisotopic (exact) mass is 425 g/mol. The van der Waals surface area contributed by atoms with Gasteiger partial charge in [0, 0.05) is 16.2 Å². The standard InChI is InChI=1S/C19H18BrF2NO3/c1-25-15-8-7-14(11-16(15)26-18(21)22)23-17(24)19(9-2-10-19)12-3-5-13(20)6-4-12/h3-8,11,18H,2,9-10H2,1H3,(H,23,24). The summed E-state index contributed by atoms with van der Waals surface area (Å²) in [6.45, 7) is -2.98. The van der Waals surface area contributed by atoms with Gasteiger partial charge in [-0.2, -0.15) is 8.78 Å². The van der Waals surface area contributed by atoms with Crippen LogP contribution in [0.25, 0.3) is 0 Å². The minimum atomic E-state index is -2.98. The number of hydrogen-bond acceptors (Lipinski definition) is 3. The minimum Gasteiger partial charge on any atom is -0.493 e. The zero-order valence-electron chi connectivity index (χ0n) is 14.1. The summed E-state index contributed by atoms with van der Waals surface area (Å²) in [4.78, 5) is 12.9. The zero-order chi connectivity index (χ0) is 18.7. The van der Waals surface area contributed by atoms with Gasteiger partial charge in [-0.05, 0) is 42.7 Å². The number of ether oxygens (including phenoxy) is 2. The summed E-state index contributed by atoms with van der Waals surface area (Å²) in [5.41, 5.74) is 0.738. The van der Waals surface area contributed by atoms with Crippen LogP contribution >= 0.6 is 15.9 Å². The number of nitrogens with one attached hydrogen (secondary N) is 1. The van der Waals surface area contributed by atoms with Gasteiger partial charge < -0.3 is 14.8 Å². The van der Waals surface area contributed by atoms with E-state index in [9.17, 15) is 13.6 Å². The van der Waals surface area contributed by atoms with Gasteiger partial charge in [0.25, 0.3) is 0 Å². The lowest BCUT2D eigenvalue weighted by Gasteiger charge is -2.40. The highest BCUT2D eigenvalue weighted by molar-refractivity contribution is 9.10. The molecule has 0 radical (unpaired) electrons. The van der Waals surface area contributed by atoms with E-state index in [4.69, 9.17) is 4.74 Å². The van der Waals surface area contributed by atoms with Crippen LogP contribution in [0.3, 0.4) is 0 Å². The molecular weight excluding hydrogens is 408 g/mol. The fourth-order valence-electron chi connectivity index (χ4n) is 3.14. The van der Waals surface area contributed by atoms with E-state index in [1.54, 1.807) is 6.07 Å². The molecule has 138 valence electrons. The van der Waals surface area contributed by atoms with Crippen LogP contribution < -0.4 is 14.8 Å². The molecule has 2 aromatic carbocycles. The number of carbonyl (C=O) groups excluding carboxylic acids is 1. The molecule has 2 aromatic rings. The summed E-state index contributed by atoms with van der Waals surface area (Å²) in [6, 6.07) is 12.1. The Kier molecular flexibility index (Phi) is 5.46. The van der Waals surface area contributed by atoms with Crippen molar-refractivity contribution < 1.29 is 23.0 Å². The molecule has 0 aliphatic heterocycles. The fraction of sp³-hybridized carbons (Fsp3) is 0.316. The van der Waals surface area contributed by atoms with Gasteiger partial charge in [-0.1, -0.05) is 34.5 Å². The molecule has 1 fully saturated rings. The average Bonchev–Trinajstić information content (AvgIpc) is 2.55. The summed E-state index contributed by atoms with van der Waals surface area (Å²) >= 11 is 3.40. The van der Waals surface area contributed by atoms with Gasteiger partial charge in [0.2, 0.25) is 5.91 Å². The molecule has 1 aliphatic rings. The molecule has 0 atom stereocenters. The number of anilines is 1. The van der Waals surface area contributed by atoms with Crippen molar-refractivity contribution in [3.05, 3.63) is 52.5 Å². The summed E-state index contributed by atoms with van der Waals surface area (Å²) < 4.78 is 35.6. The van der Waals surface area contributed by atoms with Crippen molar-refractivity contribution in [2.45, 2.75) is 31.3 Å². The van der Waals surface area contributed by atoms with Crippen LogP contribution in [0.5, 0.6) is 11.5 Å². The summed E-state index contributed by atoms with van der Waals surface area (Å²) in [7, 11) is 1.36. The number of hydrogen-bond donors (Lipinski definition) is 1. The second-order valence-corrected chi connectivity index (χ2v) is 7.06. The van der Waals surface area contributed by atoms with Gasteiger partial charge in [0.05, 0.1) is 12.5 Å². The van der Waals surface area contributed by atoms with Gasteiger partial charge in [0.15, 0.2) is 11.5 Å². The number of amides is 1. The molecule has 0 heterocycles. The van der Waals surface area contributed by atoms with Crippen molar-refractivity contribution in [1.82, 2.24) is 0 Å². The third kappa shape index (κ3) is 3.67. The van der Waals surface area contributed by atoms with E-state index in [0.717, 1.165) is 29.3 Å². The molecule has 1 amide bonds. The number of methoxy groups -OCH3 is 1. The van der Waals surface area contributed by atoms with E-state index < -0.39 is 12.0 Å². The molecule has 3 rings (SSSR count). The Labute approximate surface area is 158 Å². The topological polar surface area (TPSA) is 47.6 Å². The molecule has 0 aromatic heterocycles. The maximum Gasteiger partial charge on any atom is 0.387 e. The van der Waals surface area contributed by atoms with E-state index in [1.807, 2.05) is 24.3 Å². The predicted octanol–water partition coefficient (Wildman–Crippen LogP) is 5.12. The van der Waals surface area contributed by atoms with Gasteiger partial charge in [-0.15, -0.1) is 0 Å². The molecule has 4 nitrogen and oxygen atoms in total. The molecule has 0 bridgehead atoms. The normalized spacial score (nSPS) is 15.3. The third-order valence-electron chi connectivity index (χ3n) is 4.68. The van der Waals surface area contributed by atoms with Crippen molar-refractivity contribution in [2.24, 2.45) is 0 Å². The average molecular weight is 426 g/mol. The molecule has 0 spiro atoms. The van der Waals surface area contributed by atoms with Crippen LogP contribution in [0, 0.1) is 0 Å². The van der Waals surface area contributed by atoms with Gasteiger partial charge >= 0.3 is 6.61 Å². The van der Waals surface area contributed by atoms with Crippen molar-refractivity contribution in [3.8, 4) is 11.5 Å². The van der Waals surface area contributed by atoms with Gasteiger partial charge in [-0.3, -0.25) is 4.79 Å². The van der Waals surface area contributed by atoms with E-state index in [1.165, 1.54) is 19.2 Å². The van der Waals surface area contributed by atoms with Crippen LogP contribution in [0.2, 0.25) is 0 Å². The lowest BCUT2D eigenvalue weighted by atomic mass is 9.64. The van der Waals surface area contributed by atoms with Crippen molar-refractivity contribution in [1.29, 1.82) is 0 Å². The summed E-state index contributed by atoms with van der Waals surface area (Å²) in [6.07, 6.45) is 2.46. The highest BCUT2D eigenvalue weighted by Gasteiger charge is 2.45. The smallest absolute Gasteiger partial charge is 0.387 e. The van der Waals surface area contributed by atoms with Crippen molar-refractivity contribution in [3.63, 3.8) is 0 Å². The molecule has 1 saturated carbocycles. The van der Waals surface area contributed by atoms with E-state index >= 15 is 0 Å². The van der Waals surface area contributed by atoms with E-state index in [0.29, 0.717) is 5.69 Å². The number of rotatable bonds is 6. The van der Waals surface area contributed by atoms with Crippen LogP contribution in [0.4, 0.5) is 14.5 Å². The fourth-order valence-corrected chi connectivity index (χ4v) is 3.40. The van der Waals surface area contributed by atoms with Gasteiger partial charge in [-0.25, -0.2) is 0 Å². The number of halogens is 3. The van der Waals surface area contributed by atoms with Crippen LogP contribution in [0.15, 0.2) is 46.9 Å². The Morgan fingerprint density at radius 3 is 2.38 bits per heavy atom. The van der Waals surface area contributed by atoms with Crippen LogP contribution in [-0.4, -0.2) is 19.6 Å². The maximum atomic E-state index is 12.9. The quantitative estimate of drug-likeness (QED) is 0.698. The first-order valence-electron chi connectivity index (χ1n) is 8.15. The number of carbonyl (C=O) groups is 1. The molecule has 0 unspecified atom stereocenters. The second kappa shape index (κ2) is 7.61. The van der Waals surface area contributed by atoms with Gasteiger partial charge in [0.1, 0.15) is 0 Å². The van der Waals surface area contributed by atoms with Crippen LogP contribution in [-0.2, 0) is 10.2 Å². The van der Waals surface area contributed by atoms with E-state index in [-0.39, 0.29) is 17.4 Å². The Balaban J connectivity index is 1.83. The van der Waals surface area contributed by atoms with E-state index in [2.05, 4.69) is 26.0 Å². The predicted molar refractivity (Wildman–Crippen MR) is 97.9 cm³/mol. The molecule has 1 aliphatic carbocycles. The third-order valence-corrected chi connectivity index (χ3v) is 5.20. The molecule has 0 saturated heterocycles. The molecule has 1 N–H and O–H groups in total. The Bertz CT molecular complexity index is 792. The Morgan fingerprint density at radius 1 is 1.15 bits per heavy atom. The lowest BCUT2D eigenvalue weighted by Crippen LogP contribution is -2.46. The van der Waals surface area contributed by atoms with Crippen LogP contribution in [0.1, 0.15) is 24.8 Å². The highest BCUT2D eigenvalue weighted by Crippen LogP contribution is 2.45. The first-order valence-corrected chi connectivity index (χ1v) is 8.94. The first kappa shape index (κ1) is 18.6.